The Morgan fingerprint density at radius 2 is 1.88 bits per heavy atom. The highest BCUT2D eigenvalue weighted by Gasteiger charge is 2.52. The lowest BCUT2D eigenvalue weighted by Gasteiger charge is -2.43. The number of ether oxygens (including phenoxy) is 3. The quantitative estimate of drug-likeness (QED) is 0.420. The molecule has 10 unspecified atom stereocenters. The van der Waals surface area contributed by atoms with Crippen molar-refractivity contribution in [1.82, 2.24) is 0 Å². The Morgan fingerprint density at radius 3 is 2.50 bits per heavy atom. The highest BCUT2D eigenvalue weighted by Crippen LogP contribution is 2.47. The second kappa shape index (κ2) is 7.41. The van der Waals surface area contributed by atoms with Crippen LogP contribution in [0.3, 0.4) is 0 Å². The van der Waals surface area contributed by atoms with E-state index in [2.05, 4.69) is 0 Å². The Bertz CT molecular complexity index is 562. The number of aliphatic hydroxyl groups excluding tert-OH is 4. The van der Waals surface area contributed by atoms with Crippen molar-refractivity contribution in [3.8, 4) is 0 Å². The summed E-state index contributed by atoms with van der Waals surface area (Å²) in [6.07, 6.45) is -4.45. The van der Waals surface area contributed by atoms with E-state index < -0.39 is 67.3 Å². The molecule has 1 aliphatic carbocycles. The molecule has 0 amide bonds. The van der Waals surface area contributed by atoms with Gasteiger partial charge in [0.15, 0.2) is 6.29 Å². The molecule has 10 atom stereocenters. The van der Waals surface area contributed by atoms with E-state index in [4.69, 9.17) is 14.2 Å². The molecule has 2 aliphatic heterocycles. The summed E-state index contributed by atoms with van der Waals surface area (Å²) in [6.45, 7) is 2.96. The maximum atomic E-state index is 11.4. The van der Waals surface area contributed by atoms with Crippen molar-refractivity contribution in [2.24, 2.45) is 23.7 Å². The summed E-state index contributed by atoms with van der Waals surface area (Å²) in [5.41, 5.74) is 0.0968. The Kier molecular flexibility index (Phi) is 5.57. The molecule has 2 fully saturated rings. The van der Waals surface area contributed by atoms with Crippen LogP contribution in [0.2, 0.25) is 0 Å². The van der Waals surface area contributed by atoms with E-state index in [1.54, 1.807) is 13.8 Å². The maximum absolute atomic E-state index is 11.4. The fourth-order valence-corrected chi connectivity index (χ4v) is 4.18. The summed E-state index contributed by atoms with van der Waals surface area (Å²) < 4.78 is 16.9. The molecule has 9 heteroatoms. The van der Waals surface area contributed by atoms with E-state index in [1.165, 1.54) is 0 Å². The molecule has 0 aromatic heterocycles. The maximum Gasteiger partial charge on any atom is 0.334 e. The molecule has 0 aromatic carbocycles. The first-order chi connectivity index (χ1) is 12.3. The van der Waals surface area contributed by atoms with Crippen molar-refractivity contribution < 1.29 is 44.5 Å². The molecule has 2 heterocycles. The normalized spacial score (nSPS) is 48.5. The first kappa shape index (κ1) is 19.5. The molecule has 0 radical (unpaired) electrons. The Hall–Kier alpha value is -1.23. The molecular formula is C17H26O9. The molecule has 26 heavy (non-hydrogen) atoms. The first-order valence-corrected chi connectivity index (χ1v) is 8.81. The highest BCUT2D eigenvalue weighted by molar-refractivity contribution is 5.87. The number of aliphatic hydroxyl groups is 4. The van der Waals surface area contributed by atoms with Crippen molar-refractivity contribution >= 4 is 5.97 Å². The lowest BCUT2D eigenvalue weighted by Crippen LogP contribution is -2.56. The predicted octanol–water partition coefficient (Wildman–Crippen LogP) is -0.964. The van der Waals surface area contributed by atoms with Gasteiger partial charge in [-0.1, -0.05) is 13.8 Å². The van der Waals surface area contributed by atoms with Crippen LogP contribution in [-0.4, -0.2) is 75.1 Å². The number of carboxylic acids is 1. The monoisotopic (exact) mass is 374 g/mol. The first-order valence-electron chi connectivity index (χ1n) is 8.81. The third kappa shape index (κ3) is 3.23. The molecule has 3 aliphatic rings. The SMILES string of the molecule is CC1C(OC2OC=C(C(=O)O)C3CC(O)C(C)C23)OC(CO)C(O)C1O. The van der Waals surface area contributed by atoms with Crippen molar-refractivity contribution in [1.29, 1.82) is 0 Å². The van der Waals surface area contributed by atoms with Gasteiger partial charge >= 0.3 is 5.97 Å². The largest absolute Gasteiger partial charge is 0.478 e. The fourth-order valence-electron chi connectivity index (χ4n) is 4.18. The summed E-state index contributed by atoms with van der Waals surface area (Å²) in [7, 11) is 0. The lowest BCUT2D eigenvalue weighted by atomic mass is 9.83. The second-order valence-electron chi connectivity index (χ2n) is 7.43. The fraction of sp³-hybridized carbons (Fsp3) is 0.824. The number of hydrogen-bond acceptors (Lipinski definition) is 8. The molecule has 148 valence electrons. The van der Waals surface area contributed by atoms with Crippen LogP contribution >= 0.6 is 0 Å². The minimum absolute atomic E-state index is 0.0968. The van der Waals surface area contributed by atoms with Crippen LogP contribution < -0.4 is 0 Å². The molecule has 9 nitrogen and oxygen atoms in total. The van der Waals surface area contributed by atoms with Crippen LogP contribution in [0.15, 0.2) is 11.8 Å². The molecule has 1 saturated heterocycles. The minimum Gasteiger partial charge on any atom is -0.478 e. The predicted molar refractivity (Wildman–Crippen MR) is 85.4 cm³/mol. The van der Waals surface area contributed by atoms with Gasteiger partial charge < -0.3 is 39.7 Å². The van der Waals surface area contributed by atoms with E-state index in [0.29, 0.717) is 6.42 Å². The zero-order valence-electron chi connectivity index (χ0n) is 14.6. The van der Waals surface area contributed by atoms with Crippen LogP contribution in [0.1, 0.15) is 20.3 Å². The Labute approximate surface area is 150 Å². The molecule has 1 saturated carbocycles. The van der Waals surface area contributed by atoms with Gasteiger partial charge in [0.05, 0.1) is 30.6 Å². The van der Waals surface area contributed by atoms with E-state index in [-0.39, 0.29) is 11.5 Å². The molecule has 0 bridgehead atoms. The molecule has 5 N–H and O–H groups in total. The zero-order valence-corrected chi connectivity index (χ0v) is 14.6. The number of aliphatic carboxylic acids is 1. The minimum atomic E-state index is -1.24. The van der Waals surface area contributed by atoms with Crippen LogP contribution in [0.5, 0.6) is 0 Å². The summed E-state index contributed by atoms with van der Waals surface area (Å²) >= 11 is 0. The Morgan fingerprint density at radius 1 is 1.19 bits per heavy atom. The van der Waals surface area contributed by atoms with E-state index in [1.807, 2.05) is 0 Å². The summed E-state index contributed by atoms with van der Waals surface area (Å²) in [4.78, 5) is 11.4. The second-order valence-corrected chi connectivity index (χ2v) is 7.43. The number of hydrogen-bond donors (Lipinski definition) is 5. The van der Waals surface area contributed by atoms with Gasteiger partial charge in [-0.2, -0.15) is 0 Å². The molecular weight excluding hydrogens is 348 g/mol. The van der Waals surface area contributed by atoms with Crippen LogP contribution in [0, 0.1) is 23.7 Å². The number of carboxylic acid groups (broad SMARTS) is 1. The average Bonchev–Trinajstić information content (AvgIpc) is 2.90. The molecule has 3 rings (SSSR count). The van der Waals surface area contributed by atoms with Gasteiger partial charge in [-0.15, -0.1) is 0 Å². The van der Waals surface area contributed by atoms with Crippen molar-refractivity contribution in [3.05, 3.63) is 11.8 Å². The topological polar surface area (TPSA) is 146 Å². The number of rotatable bonds is 4. The van der Waals surface area contributed by atoms with Crippen LogP contribution in [0.25, 0.3) is 0 Å². The van der Waals surface area contributed by atoms with E-state index >= 15 is 0 Å². The summed E-state index contributed by atoms with van der Waals surface area (Å²) in [5.74, 6) is -2.76. The Balaban J connectivity index is 1.79. The smallest absolute Gasteiger partial charge is 0.334 e. The van der Waals surface area contributed by atoms with Gasteiger partial charge in [0.2, 0.25) is 6.29 Å². The number of carbonyl (C=O) groups is 1. The van der Waals surface area contributed by atoms with Gasteiger partial charge in [-0.3, -0.25) is 0 Å². The molecule has 0 spiro atoms. The van der Waals surface area contributed by atoms with Crippen LogP contribution in [-0.2, 0) is 19.0 Å². The summed E-state index contributed by atoms with van der Waals surface area (Å²) in [5, 5.41) is 48.9. The van der Waals surface area contributed by atoms with Crippen LogP contribution in [0.4, 0.5) is 0 Å². The standard InChI is InChI=1S/C17H26O9/c1-6-10(19)3-8-9(15(22)23)5-24-17(12(6)8)26-16-7(2)13(20)14(21)11(4-18)25-16/h5-8,10-14,16-21H,3-4H2,1-2H3,(H,22,23). The van der Waals surface area contributed by atoms with Gasteiger partial charge in [-0.05, 0) is 12.3 Å². The van der Waals surface area contributed by atoms with Crippen molar-refractivity contribution in [2.75, 3.05) is 6.61 Å². The third-order valence-corrected chi connectivity index (χ3v) is 5.92. The third-order valence-electron chi connectivity index (χ3n) is 5.92. The highest BCUT2D eigenvalue weighted by atomic mass is 16.8. The zero-order chi connectivity index (χ0) is 19.2. The molecule has 0 aromatic rings. The average molecular weight is 374 g/mol. The van der Waals surface area contributed by atoms with Gasteiger partial charge in [0.25, 0.3) is 0 Å². The van der Waals surface area contributed by atoms with Gasteiger partial charge in [0, 0.05) is 17.8 Å². The lowest BCUT2D eigenvalue weighted by molar-refractivity contribution is -0.329. The van der Waals surface area contributed by atoms with E-state index in [9.17, 15) is 30.3 Å². The van der Waals surface area contributed by atoms with Gasteiger partial charge in [-0.25, -0.2) is 4.79 Å². The summed E-state index contributed by atoms with van der Waals surface area (Å²) in [6, 6.07) is 0. The van der Waals surface area contributed by atoms with Crippen molar-refractivity contribution in [2.45, 2.75) is 57.3 Å². The van der Waals surface area contributed by atoms with Crippen molar-refractivity contribution in [3.63, 3.8) is 0 Å². The van der Waals surface area contributed by atoms with E-state index in [0.717, 1.165) is 6.26 Å². The van der Waals surface area contributed by atoms with Gasteiger partial charge in [0.1, 0.15) is 12.2 Å². The number of fused-ring (bicyclic) bond motifs is 1.